The minimum Gasteiger partial charge on any atom is -0.236 e. The smallest absolute Gasteiger partial charge is 0.236 e. The standard InChI is InChI=1S/C15H10IN3O2S/c1-10-2-4-12(5-3-10)22(20,21)19-7-6-13-14(16)11(8-17)9-18-15(13)19/h2-7,9H,1H3. The van der Waals surface area contributed by atoms with E-state index in [-0.39, 0.29) is 4.90 Å². The van der Waals surface area contributed by atoms with Crippen molar-refractivity contribution in [3.63, 3.8) is 0 Å². The van der Waals surface area contributed by atoms with Crippen LogP contribution in [0.2, 0.25) is 0 Å². The Kier molecular flexibility index (Phi) is 3.66. The second-order valence-corrected chi connectivity index (χ2v) is 7.66. The first-order valence-corrected chi connectivity index (χ1v) is 8.85. The predicted octanol–water partition coefficient (Wildman–Crippen LogP) is 3.06. The molecular weight excluding hydrogens is 413 g/mol. The van der Waals surface area contributed by atoms with E-state index in [2.05, 4.69) is 4.98 Å². The van der Waals surface area contributed by atoms with Gasteiger partial charge >= 0.3 is 0 Å². The van der Waals surface area contributed by atoms with Gasteiger partial charge in [0.2, 0.25) is 0 Å². The molecule has 0 amide bonds. The number of nitrogens with zero attached hydrogens (tertiary/aromatic N) is 3. The van der Waals surface area contributed by atoms with Crippen LogP contribution in [0, 0.1) is 21.8 Å². The van der Waals surface area contributed by atoms with Crippen molar-refractivity contribution in [3.05, 3.63) is 57.4 Å². The van der Waals surface area contributed by atoms with Gasteiger partial charge in [-0.25, -0.2) is 17.4 Å². The van der Waals surface area contributed by atoms with Crippen LogP contribution in [0.25, 0.3) is 11.0 Å². The lowest BCUT2D eigenvalue weighted by molar-refractivity contribution is 0.588. The predicted molar refractivity (Wildman–Crippen MR) is 90.9 cm³/mol. The molecule has 0 saturated heterocycles. The van der Waals surface area contributed by atoms with E-state index in [1.165, 1.54) is 12.4 Å². The van der Waals surface area contributed by atoms with E-state index in [0.29, 0.717) is 20.2 Å². The fourth-order valence-electron chi connectivity index (χ4n) is 2.13. The zero-order chi connectivity index (χ0) is 15.9. The number of benzene rings is 1. The number of rotatable bonds is 2. The zero-order valence-electron chi connectivity index (χ0n) is 11.5. The molecule has 7 heteroatoms. The van der Waals surface area contributed by atoms with Crippen molar-refractivity contribution in [2.45, 2.75) is 11.8 Å². The van der Waals surface area contributed by atoms with Gasteiger partial charge in [0.15, 0.2) is 5.65 Å². The zero-order valence-corrected chi connectivity index (χ0v) is 14.5. The molecule has 3 aromatic rings. The fraction of sp³-hybridized carbons (Fsp3) is 0.0667. The third kappa shape index (κ3) is 2.28. The molecule has 3 rings (SSSR count). The van der Waals surface area contributed by atoms with Crippen LogP contribution in [0.3, 0.4) is 0 Å². The number of nitriles is 1. The van der Waals surface area contributed by atoms with Crippen molar-refractivity contribution >= 4 is 43.6 Å². The number of hydrogen-bond acceptors (Lipinski definition) is 4. The van der Waals surface area contributed by atoms with Gasteiger partial charge in [-0.15, -0.1) is 0 Å². The van der Waals surface area contributed by atoms with E-state index in [1.54, 1.807) is 30.3 Å². The first-order chi connectivity index (χ1) is 10.4. The summed E-state index contributed by atoms with van der Waals surface area (Å²) in [6.45, 7) is 1.90. The van der Waals surface area contributed by atoms with E-state index in [0.717, 1.165) is 9.54 Å². The van der Waals surface area contributed by atoms with Crippen LogP contribution in [-0.2, 0) is 10.0 Å². The highest BCUT2D eigenvalue weighted by Gasteiger charge is 2.21. The normalized spacial score (nSPS) is 11.5. The fourth-order valence-corrected chi connectivity index (χ4v) is 4.11. The lowest BCUT2D eigenvalue weighted by Gasteiger charge is -2.07. The molecule has 0 unspecified atom stereocenters. The van der Waals surface area contributed by atoms with Gasteiger partial charge in [-0.3, -0.25) is 0 Å². The summed E-state index contributed by atoms with van der Waals surface area (Å²) in [4.78, 5) is 4.34. The second kappa shape index (κ2) is 5.37. The Bertz CT molecular complexity index is 1020. The molecule has 2 aromatic heterocycles. The molecule has 1 aromatic carbocycles. The quantitative estimate of drug-likeness (QED) is 0.594. The molecule has 0 saturated carbocycles. The maximum absolute atomic E-state index is 12.7. The summed E-state index contributed by atoms with van der Waals surface area (Å²) >= 11 is 2.03. The van der Waals surface area contributed by atoms with Gasteiger partial charge < -0.3 is 0 Å². The molecule has 2 heterocycles. The van der Waals surface area contributed by atoms with Crippen LogP contribution >= 0.6 is 22.6 Å². The topological polar surface area (TPSA) is 75.8 Å². The first-order valence-electron chi connectivity index (χ1n) is 6.33. The van der Waals surface area contributed by atoms with E-state index < -0.39 is 10.0 Å². The second-order valence-electron chi connectivity index (χ2n) is 4.76. The van der Waals surface area contributed by atoms with Crippen molar-refractivity contribution in [1.82, 2.24) is 8.96 Å². The van der Waals surface area contributed by atoms with E-state index in [1.807, 2.05) is 35.6 Å². The van der Waals surface area contributed by atoms with Crippen molar-refractivity contribution in [1.29, 1.82) is 5.26 Å². The Balaban J connectivity index is 2.25. The van der Waals surface area contributed by atoms with Crippen molar-refractivity contribution in [2.75, 3.05) is 0 Å². The summed E-state index contributed by atoms with van der Waals surface area (Å²) in [7, 11) is -3.71. The van der Waals surface area contributed by atoms with Gasteiger partial charge in [0.1, 0.15) is 6.07 Å². The van der Waals surface area contributed by atoms with Crippen molar-refractivity contribution in [3.8, 4) is 6.07 Å². The maximum Gasteiger partial charge on any atom is 0.269 e. The Morgan fingerprint density at radius 2 is 1.91 bits per heavy atom. The van der Waals surface area contributed by atoms with Gasteiger partial charge in [0.05, 0.1) is 10.5 Å². The van der Waals surface area contributed by atoms with Crippen molar-refractivity contribution in [2.24, 2.45) is 0 Å². The summed E-state index contributed by atoms with van der Waals surface area (Å²) in [5.41, 5.74) is 1.74. The summed E-state index contributed by atoms with van der Waals surface area (Å²) in [6.07, 6.45) is 2.86. The molecule has 5 nitrogen and oxygen atoms in total. The van der Waals surface area contributed by atoms with Gasteiger partial charge in [-0.2, -0.15) is 5.26 Å². The van der Waals surface area contributed by atoms with Crippen LogP contribution in [-0.4, -0.2) is 17.4 Å². The molecular formula is C15H10IN3O2S. The Labute approximate surface area is 141 Å². The minimum absolute atomic E-state index is 0.205. The number of pyridine rings is 1. The summed E-state index contributed by atoms with van der Waals surface area (Å²) in [5, 5.41) is 9.68. The summed E-state index contributed by atoms with van der Waals surface area (Å²) < 4.78 is 27.3. The Morgan fingerprint density at radius 1 is 1.23 bits per heavy atom. The molecule has 22 heavy (non-hydrogen) atoms. The highest BCUT2D eigenvalue weighted by Crippen LogP contribution is 2.26. The Hall–Kier alpha value is -1.92. The molecule has 0 bridgehead atoms. The van der Waals surface area contributed by atoms with E-state index in [4.69, 9.17) is 5.26 Å². The molecule has 0 fully saturated rings. The molecule has 0 aliphatic heterocycles. The third-order valence-corrected chi connectivity index (χ3v) is 6.16. The molecule has 0 spiro atoms. The van der Waals surface area contributed by atoms with E-state index in [9.17, 15) is 8.42 Å². The van der Waals surface area contributed by atoms with Crippen LogP contribution < -0.4 is 0 Å². The molecule has 0 atom stereocenters. The highest BCUT2D eigenvalue weighted by atomic mass is 127. The van der Waals surface area contributed by atoms with Crippen LogP contribution in [0.4, 0.5) is 0 Å². The lowest BCUT2D eigenvalue weighted by Crippen LogP contribution is -2.12. The van der Waals surface area contributed by atoms with Gasteiger partial charge in [0, 0.05) is 21.4 Å². The number of aryl methyl sites for hydroxylation is 1. The van der Waals surface area contributed by atoms with Gasteiger partial charge in [-0.05, 0) is 47.7 Å². The minimum atomic E-state index is -3.71. The number of aromatic nitrogens is 2. The third-order valence-electron chi connectivity index (χ3n) is 3.31. The van der Waals surface area contributed by atoms with Crippen molar-refractivity contribution < 1.29 is 8.42 Å². The summed E-state index contributed by atoms with van der Waals surface area (Å²) in [5.74, 6) is 0. The van der Waals surface area contributed by atoms with Crippen LogP contribution in [0.15, 0.2) is 47.6 Å². The van der Waals surface area contributed by atoms with E-state index >= 15 is 0 Å². The first kappa shape index (κ1) is 15.0. The number of hydrogen-bond donors (Lipinski definition) is 0. The van der Waals surface area contributed by atoms with Crippen LogP contribution in [0.5, 0.6) is 0 Å². The van der Waals surface area contributed by atoms with Gasteiger partial charge in [0.25, 0.3) is 10.0 Å². The highest BCUT2D eigenvalue weighted by molar-refractivity contribution is 14.1. The average molecular weight is 423 g/mol. The van der Waals surface area contributed by atoms with Gasteiger partial charge in [-0.1, -0.05) is 17.7 Å². The molecule has 0 aliphatic carbocycles. The summed E-state index contributed by atoms with van der Waals surface area (Å²) in [6, 6.07) is 10.4. The lowest BCUT2D eigenvalue weighted by atomic mass is 10.2. The number of fused-ring (bicyclic) bond motifs is 1. The maximum atomic E-state index is 12.7. The largest absolute Gasteiger partial charge is 0.269 e. The molecule has 0 N–H and O–H groups in total. The number of halogens is 1. The monoisotopic (exact) mass is 423 g/mol. The molecule has 0 radical (unpaired) electrons. The molecule has 110 valence electrons. The molecule has 0 aliphatic rings. The Morgan fingerprint density at radius 3 is 2.55 bits per heavy atom. The SMILES string of the molecule is Cc1ccc(S(=O)(=O)n2ccc3c(I)c(C#N)cnc32)cc1. The average Bonchev–Trinajstić information content (AvgIpc) is 2.94. The van der Waals surface area contributed by atoms with Crippen LogP contribution in [0.1, 0.15) is 11.1 Å².